The third kappa shape index (κ3) is 2.75. The van der Waals surface area contributed by atoms with E-state index in [1.165, 1.54) is 5.57 Å². The minimum Gasteiger partial charge on any atom is -0.345 e. The molecule has 3 nitrogen and oxygen atoms in total. The Balaban J connectivity index is 2.81. The van der Waals surface area contributed by atoms with Crippen LogP contribution in [0.4, 0.5) is 0 Å². The maximum absolute atomic E-state index is 6.86. The van der Waals surface area contributed by atoms with Crippen molar-refractivity contribution in [2.75, 3.05) is 0 Å². The molecular formula is C10H13N3. The van der Waals surface area contributed by atoms with Gasteiger partial charge < -0.3 is 5.32 Å². The molecule has 1 aliphatic heterocycles. The second-order valence-electron chi connectivity index (χ2n) is 2.93. The Morgan fingerprint density at radius 3 is 3.08 bits per heavy atom. The molecule has 0 aromatic rings. The van der Waals surface area contributed by atoms with Crippen molar-refractivity contribution in [2.45, 2.75) is 20.0 Å². The summed E-state index contributed by atoms with van der Waals surface area (Å²) < 4.78 is 0. The zero-order valence-corrected chi connectivity index (χ0v) is 7.83. The van der Waals surface area contributed by atoms with Crippen molar-refractivity contribution in [3.63, 3.8) is 0 Å². The standard InChI is InChI=1S/C10H13N3/c1-8-3-4-10(13-7-11)12-6-5-9(8)2/h5-8,10H,1-2H3,(H2,11,13)/b9-5-,12-6-. The largest absolute Gasteiger partial charge is 0.345 e. The highest BCUT2D eigenvalue weighted by Crippen LogP contribution is 2.08. The van der Waals surface area contributed by atoms with Crippen LogP contribution in [0.3, 0.4) is 0 Å². The number of nitrogens with zero attached hydrogens (tertiary/aromatic N) is 1. The molecule has 0 amide bonds. The van der Waals surface area contributed by atoms with E-state index in [0.29, 0.717) is 0 Å². The van der Waals surface area contributed by atoms with Gasteiger partial charge in [0.15, 0.2) is 6.17 Å². The van der Waals surface area contributed by atoms with Crippen molar-refractivity contribution in [1.29, 1.82) is 5.41 Å². The van der Waals surface area contributed by atoms with Crippen LogP contribution in [0.1, 0.15) is 13.8 Å². The molecule has 0 radical (unpaired) electrons. The van der Waals surface area contributed by atoms with Gasteiger partial charge >= 0.3 is 0 Å². The van der Waals surface area contributed by atoms with Crippen LogP contribution >= 0.6 is 0 Å². The molecule has 0 fully saturated rings. The van der Waals surface area contributed by atoms with Crippen molar-refractivity contribution < 1.29 is 0 Å². The van der Waals surface area contributed by atoms with Gasteiger partial charge in [-0.25, -0.2) is 0 Å². The van der Waals surface area contributed by atoms with E-state index >= 15 is 0 Å². The molecule has 2 atom stereocenters. The first-order chi connectivity index (χ1) is 6.24. The second-order valence-corrected chi connectivity index (χ2v) is 2.93. The summed E-state index contributed by atoms with van der Waals surface area (Å²) in [5.41, 5.74) is 1.21. The zero-order valence-electron chi connectivity index (χ0n) is 7.83. The molecule has 1 rings (SSSR count). The highest BCUT2D eigenvalue weighted by Gasteiger charge is 2.03. The van der Waals surface area contributed by atoms with Crippen LogP contribution in [0.25, 0.3) is 0 Å². The minimum atomic E-state index is -0.274. The van der Waals surface area contributed by atoms with Crippen LogP contribution in [-0.2, 0) is 0 Å². The summed E-state index contributed by atoms with van der Waals surface area (Å²) in [6, 6.07) is 0. The van der Waals surface area contributed by atoms with Gasteiger partial charge in [-0.2, -0.15) is 0 Å². The second kappa shape index (κ2) is 4.46. The molecule has 13 heavy (non-hydrogen) atoms. The molecule has 68 valence electrons. The Hall–Kier alpha value is -1.56. The number of nitrogens with one attached hydrogen (secondary N) is 2. The Morgan fingerprint density at radius 1 is 1.62 bits per heavy atom. The van der Waals surface area contributed by atoms with E-state index in [-0.39, 0.29) is 12.1 Å². The lowest BCUT2D eigenvalue weighted by Gasteiger charge is -2.08. The van der Waals surface area contributed by atoms with Gasteiger partial charge in [0.05, 0.1) is 6.34 Å². The third-order valence-electron chi connectivity index (χ3n) is 1.93. The monoisotopic (exact) mass is 175 g/mol. The van der Waals surface area contributed by atoms with Crippen molar-refractivity contribution >= 4 is 12.6 Å². The van der Waals surface area contributed by atoms with Crippen molar-refractivity contribution in [3.8, 4) is 11.8 Å². The summed E-state index contributed by atoms with van der Waals surface area (Å²) in [7, 11) is 0. The molecule has 2 unspecified atom stereocenters. The summed E-state index contributed by atoms with van der Waals surface area (Å²) in [5, 5.41) is 9.59. The smallest absolute Gasteiger partial charge is 0.182 e. The number of allylic oxidation sites excluding steroid dienone is 2. The fourth-order valence-corrected chi connectivity index (χ4v) is 0.910. The van der Waals surface area contributed by atoms with Crippen LogP contribution in [0, 0.1) is 23.2 Å². The third-order valence-corrected chi connectivity index (χ3v) is 1.93. The van der Waals surface area contributed by atoms with E-state index < -0.39 is 0 Å². The molecule has 0 saturated heterocycles. The average molecular weight is 175 g/mol. The molecular weight excluding hydrogens is 162 g/mol. The molecule has 0 aromatic carbocycles. The predicted molar refractivity (Wildman–Crippen MR) is 54.9 cm³/mol. The number of aliphatic imine (C=N–C) groups is 1. The fourth-order valence-electron chi connectivity index (χ4n) is 0.910. The molecule has 3 heteroatoms. The van der Waals surface area contributed by atoms with Crippen LogP contribution in [0.15, 0.2) is 16.6 Å². The van der Waals surface area contributed by atoms with Crippen LogP contribution in [-0.4, -0.2) is 18.7 Å². The Kier molecular flexibility index (Phi) is 3.27. The number of rotatable bonds is 2. The van der Waals surface area contributed by atoms with Crippen LogP contribution in [0.2, 0.25) is 0 Å². The Morgan fingerprint density at radius 2 is 2.38 bits per heavy atom. The van der Waals surface area contributed by atoms with E-state index in [1.54, 1.807) is 6.21 Å². The molecule has 0 spiro atoms. The minimum absolute atomic E-state index is 0.266. The first-order valence-electron chi connectivity index (χ1n) is 4.20. The molecule has 0 saturated carbocycles. The van der Waals surface area contributed by atoms with Gasteiger partial charge in [0, 0.05) is 12.1 Å². The lowest BCUT2D eigenvalue weighted by Crippen LogP contribution is -2.24. The van der Waals surface area contributed by atoms with Gasteiger partial charge in [0.2, 0.25) is 0 Å². The lowest BCUT2D eigenvalue weighted by molar-refractivity contribution is 0.796. The lowest BCUT2D eigenvalue weighted by atomic mass is 10.0. The Bertz CT molecular complexity index is 304. The number of hydrogen-bond donors (Lipinski definition) is 2. The molecule has 2 N–H and O–H groups in total. The first kappa shape index (κ1) is 9.53. The summed E-state index contributed by atoms with van der Waals surface area (Å²) in [5.74, 6) is 6.29. The zero-order chi connectivity index (χ0) is 9.68. The average Bonchev–Trinajstić information content (AvgIpc) is 2.11. The van der Waals surface area contributed by atoms with Crippen LogP contribution in [0.5, 0.6) is 0 Å². The molecule has 0 bridgehead atoms. The van der Waals surface area contributed by atoms with Gasteiger partial charge in [0.1, 0.15) is 0 Å². The van der Waals surface area contributed by atoms with E-state index in [4.69, 9.17) is 5.41 Å². The molecule has 1 aliphatic rings. The van der Waals surface area contributed by atoms with E-state index in [2.05, 4.69) is 29.1 Å². The summed E-state index contributed by atoms with van der Waals surface area (Å²) in [6.45, 7) is 4.09. The van der Waals surface area contributed by atoms with Crippen LogP contribution < -0.4 is 5.32 Å². The van der Waals surface area contributed by atoms with E-state index in [0.717, 1.165) is 6.34 Å². The van der Waals surface area contributed by atoms with E-state index in [1.807, 2.05) is 13.0 Å². The van der Waals surface area contributed by atoms with Gasteiger partial charge in [-0.3, -0.25) is 10.4 Å². The molecule has 0 aliphatic carbocycles. The van der Waals surface area contributed by atoms with Crippen molar-refractivity contribution in [1.82, 2.24) is 5.32 Å². The maximum atomic E-state index is 6.86. The fraction of sp³-hybridized carbons (Fsp3) is 0.400. The van der Waals surface area contributed by atoms with Gasteiger partial charge in [-0.15, -0.1) is 0 Å². The molecule has 1 heterocycles. The highest BCUT2D eigenvalue weighted by atomic mass is 15.1. The molecule has 0 aromatic heterocycles. The summed E-state index contributed by atoms with van der Waals surface area (Å²) in [4.78, 5) is 4.12. The maximum Gasteiger partial charge on any atom is 0.182 e. The Labute approximate surface area is 78.5 Å². The predicted octanol–water partition coefficient (Wildman–Crippen LogP) is 1.18. The van der Waals surface area contributed by atoms with Gasteiger partial charge in [-0.1, -0.05) is 17.4 Å². The van der Waals surface area contributed by atoms with Crippen molar-refractivity contribution in [3.05, 3.63) is 11.6 Å². The van der Waals surface area contributed by atoms with E-state index in [9.17, 15) is 0 Å². The quantitative estimate of drug-likeness (QED) is 0.369. The normalized spacial score (nSPS) is 32.6. The van der Waals surface area contributed by atoms with Gasteiger partial charge in [0.25, 0.3) is 0 Å². The number of hydrogen-bond acceptors (Lipinski definition) is 2. The topological polar surface area (TPSA) is 48.2 Å². The van der Waals surface area contributed by atoms with Crippen molar-refractivity contribution in [2.24, 2.45) is 10.9 Å². The van der Waals surface area contributed by atoms with Gasteiger partial charge in [-0.05, 0) is 19.9 Å². The SMILES string of the molecule is C/C1=C/C=N\C(NC=N)C#CC1C. The summed E-state index contributed by atoms with van der Waals surface area (Å²) in [6.07, 6.45) is 4.53. The summed E-state index contributed by atoms with van der Waals surface area (Å²) >= 11 is 0. The highest BCUT2D eigenvalue weighted by molar-refractivity contribution is 5.73. The first-order valence-corrected chi connectivity index (χ1v) is 4.20.